The molecule has 0 atom stereocenters. The molecule has 0 saturated carbocycles. The van der Waals surface area contributed by atoms with Gasteiger partial charge in [0.05, 0.1) is 21.3 Å². The van der Waals surface area contributed by atoms with Gasteiger partial charge < -0.3 is 66.0 Å². The van der Waals surface area contributed by atoms with E-state index in [2.05, 4.69) is 0 Å². The Balaban J connectivity index is -0.000000153. The first-order valence-electron chi connectivity index (χ1n) is 6.20. The minimum absolute atomic E-state index is 0. The number of hydrogen-bond donors (Lipinski definition) is 0. The topological polar surface area (TPSA) is 27.7 Å². The predicted octanol–water partition coefficient (Wildman–Crippen LogP) is 4.96. The van der Waals surface area contributed by atoms with E-state index in [0.717, 1.165) is 0 Å². The van der Waals surface area contributed by atoms with Gasteiger partial charge in [-0.2, -0.15) is 0 Å². The van der Waals surface area contributed by atoms with Gasteiger partial charge in [0.2, 0.25) is 5.75 Å². The minimum atomic E-state index is -6.00. The molecule has 164 valence electrons. The summed E-state index contributed by atoms with van der Waals surface area (Å²) in [5.41, 5.74) is 0. The molecule has 19 heteroatoms. The van der Waals surface area contributed by atoms with Crippen molar-refractivity contribution in [3.63, 3.8) is 0 Å². The fourth-order valence-electron chi connectivity index (χ4n) is 1.02. The molecule has 0 aliphatic carbocycles. The van der Waals surface area contributed by atoms with E-state index in [9.17, 15) is 51.8 Å². The molecular weight excluding hydrogens is 456 g/mol. The van der Waals surface area contributed by atoms with Crippen LogP contribution in [0.5, 0.6) is 17.2 Å². The van der Waals surface area contributed by atoms with Crippen molar-refractivity contribution < 1.29 is 66.0 Å². The molecular formula is C9H13B3F12KO3-3. The average molecular weight is 469 g/mol. The fourth-order valence-corrected chi connectivity index (χ4v) is 1.02. The molecule has 3 nitrogen and oxygen atoms in total. The Morgan fingerprint density at radius 3 is 0.893 bits per heavy atom. The number of para-hydroxylation sites is 1. The van der Waals surface area contributed by atoms with Crippen molar-refractivity contribution in [1.82, 2.24) is 0 Å². The molecule has 0 N–H and O–H groups in total. The van der Waals surface area contributed by atoms with Crippen LogP contribution >= 0.6 is 0 Å². The second kappa shape index (κ2) is 16.4. The van der Waals surface area contributed by atoms with E-state index in [1.807, 2.05) is 18.2 Å². The predicted molar refractivity (Wildman–Crippen MR) is 83.8 cm³/mol. The molecule has 0 saturated heterocycles. The molecule has 0 bridgehead atoms. The summed E-state index contributed by atoms with van der Waals surface area (Å²) >= 11 is 0. The maximum absolute atomic E-state index is 9.75. The first kappa shape index (κ1) is 35.1. The molecule has 1 aromatic rings. The van der Waals surface area contributed by atoms with Gasteiger partial charge in [-0.15, -0.1) is 0 Å². The summed E-state index contributed by atoms with van der Waals surface area (Å²) in [6.45, 7) is 0. The van der Waals surface area contributed by atoms with Crippen molar-refractivity contribution in [2.75, 3.05) is 21.3 Å². The molecule has 28 heavy (non-hydrogen) atoms. The van der Waals surface area contributed by atoms with Crippen molar-refractivity contribution in [2.24, 2.45) is 0 Å². The summed E-state index contributed by atoms with van der Waals surface area (Å²) in [6.07, 6.45) is 0. The van der Waals surface area contributed by atoms with E-state index in [1.165, 1.54) is 0 Å². The van der Waals surface area contributed by atoms with Crippen molar-refractivity contribution in [3.8, 4) is 17.2 Å². The third-order valence-electron chi connectivity index (χ3n) is 1.59. The van der Waals surface area contributed by atoms with Crippen LogP contribution in [0.1, 0.15) is 0 Å². The number of benzene rings is 1. The van der Waals surface area contributed by atoms with E-state index in [4.69, 9.17) is 14.2 Å². The summed E-state index contributed by atoms with van der Waals surface area (Å²) in [4.78, 5) is 0. The van der Waals surface area contributed by atoms with E-state index in [-0.39, 0.29) is 51.4 Å². The molecule has 0 aliphatic heterocycles. The molecule has 0 radical (unpaired) electrons. The molecule has 1 rings (SSSR count). The van der Waals surface area contributed by atoms with Crippen LogP contribution in [0.15, 0.2) is 18.2 Å². The number of ether oxygens (including phenoxy) is 3. The first-order valence-corrected chi connectivity index (χ1v) is 6.20. The van der Waals surface area contributed by atoms with Gasteiger partial charge in [-0.05, 0) is 12.1 Å². The zero-order chi connectivity index (χ0) is 22.5. The van der Waals surface area contributed by atoms with Crippen LogP contribution in [0.4, 0.5) is 51.8 Å². The second-order valence-corrected chi connectivity index (χ2v) is 3.68. The second-order valence-electron chi connectivity index (χ2n) is 3.68. The van der Waals surface area contributed by atoms with Crippen molar-refractivity contribution in [3.05, 3.63) is 18.2 Å². The normalized spacial score (nSPS) is 10.4. The van der Waals surface area contributed by atoms with Crippen LogP contribution in [0.2, 0.25) is 0 Å². The summed E-state index contributed by atoms with van der Waals surface area (Å²) < 4.78 is 132. The van der Waals surface area contributed by atoms with E-state index >= 15 is 0 Å². The molecule has 0 aliphatic rings. The number of methoxy groups -OCH3 is 3. The van der Waals surface area contributed by atoms with Crippen LogP contribution in [0.25, 0.3) is 0 Å². The molecule has 0 spiro atoms. The fraction of sp³-hybridized carbons (Fsp3) is 0.333. The van der Waals surface area contributed by atoms with E-state index < -0.39 is 21.8 Å². The quantitative estimate of drug-likeness (QED) is 0.463. The molecule has 1 aromatic carbocycles. The van der Waals surface area contributed by atoms with Gasteiger partial charge in [-0.1, -0.05) is 6.07 Å². The van der Waals surface area contributed by atoms with E-state index in [0.29, 0.717) is 17.2 Å². The van der Waals surface area contributed by atoms with Gasteiger partial charge in [-0.3, -0.25) is 0 Å². The monoisotopic (exact) mass is 469 g/mol. The van der Waals surface area contributed by atoms with Crippen molar-refractivity contribution in [2.45, 2.75) is 0 Å². The van der Waals surface area contributed by atoms with Gasteiger partial charge in [-0.25, -0.2) is 0 Å². The summed E-state index contributed by atoms with van der Waals surface area (Å²) in [5, 5.41) is 0. The third-order valence-corrected chi connectivity index (χ3v) is 1.59. The van der Waals surface area contributed by atoms with Crippen molar-refractivity contribution >= 4 is 73.1 Å². The molecule has 0 aromatic heterocycles. The van der Waals surface area contributed by atoms with Gasteiger partial charge >= 0.3 is 73.1 Å². The van der Waals surface area contributed by atoms with Crippen LogP contribution in [-0.2, 0) is 0 Å². The first-order chi connectivity index (χ1) is 11.8. The van der Waals surface area contributed by atoms with Gasteiger partial charge in [0.15, 0.2) is 11.5 Å². The molecule has 0 heterocycles. The zero-order valence-electron chi connectivity index (χ0n) is 13.7. The molecule has 0 fully saturated rings. The SMILES string of the molecule is COc1cccc(OC)c1OC.F[B-](F)(F)F.F[B-](F)(F)F.F[B-](F)(F)F.[KH]. The summed E-state index contributed by atoms with van der Waals surface area (Å²) in [7, 11) is -13.2. The zero-order valence-corrected chi connectivity index (χ0v) is 13.7. The Bertz CT molecular complexity index is 443. The number of halogens is 12. The Hall–Kier alpha value is -0.389. The average Bonchev–Trinajstić information content (AvgIpc) is 2.40. The van der Waals surface area contributed by atoms with Gasteiger partial charge in [0.1, 0.15) is 0 Å². The number of hydrogen-bond acceptors (Lipinski definition) is 3. The summed E-state index contributed by atoms with van der Waals surface area (Å²) in [5.74, 6) is 1.98. The third kappa shape index (κ3) is 40.3. The van der Waals surface area contributed by atoms with Gasteiger partial charge in [0.25, 0.3) is 0 Å². The summed E-state index contributed by atoms with van der Waals surface area (Å²) in [6, 6.07) is 5.49. The van der Waals surface area contributed by atoms with Crippen LogP contribution < -0.4 is 14.2 Å². The Morgan fingerprint density at radius 2 is 0.750 bits per heavy atom. The standard InChI is InChI=1S/C9H12O3.3BF4.K.H/c1-10-7-5-4-6-8(11-2)9(7)12-3;3*2-1(3,4)5;;/h4-6H,1-3H3;;;;;/q;3*-1;;. The maximum atomic E-state index is 9.75. The Morgan fingerprint density at radius 1 is 0.536 bits per heavy atom. The Labute approximate surface area is 194 Å². The van der Waals surface area contributed by atoms with Crippen LogP contribution in [0, 0.1) is 0 Å². The Kier molecular flexibility index (Phi) is 20.6. The molecule has 0 amide bonds. The van der Waals surface area contributed by atoms with Crippen LogP contribution in [-0.4, -0.2) is 94.5 Å². The number of rotatable bonds is 3. The van der Waals surface area contributed by atoms with Crippen molar-refractivity contribution in [1.29, 1.82) is 0 Å². The molecule has 0 unspecified atom stereocenters. The van der Waals surface area contributed by atoms with Gasteiger partial charge in [0, 0.05) is 0 Å². The van der Waals surface area contributed by atoms with E-state index in [1.54, 1.807) is 21.3 Å². The van der Waals surface area contributed by atoms with Crippen LogP contribution in [0.3, 0.4) is 0 Å².